The highest BCUT2D eigenvalue weighted by Crippen LogP contribution is 2.31. The summed E-state index contributed by atoms with van der Waals surface area (Å²) in [5, 5.41) is 2.71. The van der Waals surface area contributed by atoms with Crippen LogP contribution in [0, 0.1) is 5.92 Å². The van der Waals surface area contributed by atoms with E-state index in [1.807, 2.05) is 6.92 Å². The van der Waals surface area contributed by atoms with E-state index in [0.29, 0.717) is 34.7 Å². The van der Waals surface area contributed by atoms with Gasteiger partial charge in [-0.05, 0) is 18.1 Å². The van der Waals surface area contributed by atoms with Gasteiger partial charge in [0, 0.05) is 11.3 Å². The molecule has 1 N–H and O–H groups in total. The number of halogens is 2. The Morgan fingerprint density at radius 1 is 1.37 bits per heavy atom. The largest absolute Gasteiger partial charge is 0.325 e. The summed E-state index contributed by atoms with van der Waals surface area (Å²) in [5.74, 6) is -2.31. The molecule has 0 fully saturated rings. The van der Waals surface area contributed by atoms with E-state index in [9.17, 15) is 13.6 Å². The number of nitrogens with one attached hydrogen (secondary N) is 1. The Kier molecular flexibility index (Phi) is 6.84. The lowest BCUT2D eigenvalue weighted by Crippen LogP contribution is -2.15. The van der Waals surface area contributed by atoms with E-state index < -0.39 is 5.76 Å². The van der Waals surface area contributed by atoms with Gasteiger partial charge < -0.3 is 5.32 Å². The Hall–Kier alpha value is -1.10. The van der Waals surface area contributed by atoms with E-state index >= 15 is 0 Å². The third-order valence-electron chi connectivity index (χ3n) is 2.69. The number of rotatable bonds is 7. The Morgan fingerprint density at radius 2 is 2.05 bits per heavy atom. The van der Waals surface area contributed by atoms with Gasteiger partial charge in [-0.1, -0.05) is 50.6 Å². The normalized spacial score (nSPS) is 12.5. The van der Waals surface area contributed by atoms with Crippen LogP contribution in [0.2, 0.25) is 0 Å². The van der Waals surface area contributed by atoms with E-state index in [0.717, 1.165) is 12.8 Å². The van der Waals surface area contributed by atoms with Crippen LogP contribution in [0.3, 0.4) is 0 Å². The number of benzene rings is 1. The van der Waals surface area contributed by atoms with Gasteiger partial charge in [0.25, 0.3) is 5.76 Å². The number of amides is 1. The fourth-order valence-electron chi connectivity index (χ4n) is 1.88. The molecule has 2 nitrogen and oxygen atoms in total. The van der Waals surface area contributed by atoms with E-state index in [1.165, 1.54) is 0 Å². The van der Waals surface area contributed by atoms with E-state index in [4.69, 9.17) is 0 Å². The van der Waals surface area contributed by atoms with Gasteiger partial charge in [-0.2, -0.15) is 8.78 Å². The van der Waals surface area contributed by atoms with Crippen LogP contribution >= 0.6 is 11.8 Å². The Balaban J connectivity index is 2.63. The first-order valence-corrected chi connectivity index (χ1v) is 7.24. The zero-order chi connectivity index (χ0) is 14.3. The fraction of sp³-hybridized carbons (Fsp3) is 0.500. The summed E-state index contributed by atoms with van der Waals surface area (Å²) in [6, 6.07) is 6.63. The quantitative estimate of drug-likeness (QED) is 0.732. The van der Waals surface area contributed by atoms with Crippen molar-refractivity contribution in [3.05, 3.63) is 24.3 Å². The summed E-state index contributed by atoms with van der Waals surface area (Å²) in [5.41, 5.74) is 0.460. The molecule has 0 aliphatic heterocycles. The van der Waals surface area contributed by atoms with Crippen molar-refractivity contribution in [2.75, 3.05) is 5.32 Å². The summed E-state index contributed by atoms with van der Waals surface area (Å²) in [6.07, 6.45) is 2.44. The second-order valence-corrected chi connectivity index (χ2v) is 5.55. The average Bonchev–Trinajstić information content (AvgIpc) is 2.31. The van der Waals surface area contributed by atoms with Crippen LogP contribution in [-0.2, 0) is 4.79 Å². The highest BCUT2D eigenvalue weighted by Gasteiger charge is 2.13. The predicted octanol–water partition coefficient (Wildman–Crippen LogP) is 4.77. The molecule has 1 aromatic carbocycles. The molecule has 0 radical (unpaired) electrons. The van der Waals surface area contributed by atoms with Crippen molar-refractivity contribution in [3.63, 3.8) is 0 Å². The molecule has 0 bridgehead atoms. The molecule has 1 unspecified atom stereocenters. The summed E-state index contributed by atoms with van der Waals surface area (Å²) in [7, 11) is 0. The number of alkyl halides is 2. The standard InChI is InChI=1S/C14H19F2NOS/c1-3-6-10(2)9-13(18)17-11-7-4-5-8-12(11)19-14(15)16/h4-5,7-8,10,14H,3,6,9H2,1-2H3,(H,17,18). The van der Waals surface area contributed by atoms with Crippen LogP contribution in [0.1, 0.15) is 33.1 Å². The maximum atomic E-state index is 12.4. The Bertz CT molecular complexity index is 412. The van der Waals surface area contributed by atoms with Crippen LogP contribution in [0.15, 0.2) is 29.2 Å². The van der Waals surface area contributed by atoms with Gasteiger partial charge in [0.2, 0.25) is 5.91 Å². The van der Waals surface area contributed by atoms with Crippen LogP contribution in [0.4, 0.5) is 14.5 Å². The molecule has 106 valence electrons. The number of hydrogen-bond acceptors (Lipinski definition) is 2. The van der Waals surface area contributed by atoms with Crippen molar-refractivity contribution < 1.29 is 13.6 Å². The minimum absolute atomic E-state index is 0.122. The smallest absolute Gasteiger partial charge is 0.288 e. The first-order chi connectivity index (χ1) is 9.02. The van der Waals surface area contributed by atoms with Crippen molar-refractivity contribution in [1.82, 2.24) is 0 Å². The summed E-state index contributed by atoms with van der Waals surface area (Å²) >= 11 is 0.448. The molecule has 1 aromatic rings. The second kappa shape index (κ2) is 8.15. The van der Waals surface area contributed by atoms with Crippen molar-refractivity contribution in [3.8, 4) is 0 Å². The van der Waals surface area contributed by atoms with Gasteiger partial charge in [-0.25, -0.2) is 0 Å². The molecule has 19 heavy (non-hydrogen) atoms. The summed E-state index contributed by atoms with van der Waals surface area (Å²) < 4.78 is 24.8. The SMILES string of the molecule is CCCC(C)CC(=O)Nc1ccccc1SC(F)F. The number of carbonyl (C=O) groups is 1. The molecule has 0 aliphatic carbocycles. The first kappa shape index (κ1) is 16.0. The molecule has 5 heteroatoms. The van der Waals surface area contributed by atoms with Gasteiger partial charge >= 0.3 is 0 Å². The summed E-state index contributed by atoms with van der Waals surface area (Å²) in [4.78, 5) is 12.2. The van der Waals surface area contributed by atoms with E-state index in [2.05, 4.69) is 12.2 Å². The van der Waals surface area contributed by atoms with Crippen LogP contribution < -0.4 is 5.32 Å². The molecule has 1 amide bonds. The highest BCUT2D eigenvalue weighted by molar-refractivity contribution is 7.99. The Morgan fingerprint density at radius 3 is 2.68 bits per heavy atom. The van der Waals surface area contributed by atoms with Crippen molar-refractivity contribution in [1.29, 1.82) is 0 Å². The number of carbonyl (C=O) groups excluding carboxylic acids is 1. The molecule has 1 rings (SSSR count). The molecular weight excluding hydrogens is 268 g/mol. The molecule has 1 atom stereocenters. The third-order valence-corrected chi connectivity index (χ3v) is 3.48. The van der Waals surface area contributed by atoms with E-state index in [1.54, 1.807) is 24.3 Å². The third kappa shape index (κ3) is 6.05. The van der Waals surface area contributed by atoms with E-state index in [-0.39, 0.29) is 5.91 Å². The topological polar surface area (TPSA) is 29.1 Å². The minimum atomic E-state index is -2.49. The maximum absolute atomic E-state index is 12.4. The van der Waals surface area contributed by atoms with Gasteiger partial charge in [-0.3, -0.25) is 4.79 Å². The van der Waals surface area contributed by atoms with Gasteiger partial charge in [0.15, 0.2) is 0 Å². The number of para-hydroxylation sites is 1. The van der Waals surface area contributed by atoms with Crippen molar-refractivity contribution in [2.45, 2.75) is 43.8 Å². The minimum Gasteiger partial charge on any atom is -0.325 e. The van der Waals surface area contributed by atoms with Gasteiger partial charge in [0.05, 0.1) is 5.69 Å². The number of anilines is 1. The van der Waals surface area contributed by atoms with Crippen LogP contribution in [0.5, 0.6) is 0 Å². The van der Waals surface area contributed by atoms with Crippen LogP contribution in [-0.4, -0.2) is 11.7 Å². The Labute approximate surface area is 117 Å². The van der Waals surface area contributed by atoms with Crippen molar-refractivity contribution >= 4 is 23.4 Å². The lowest BCUT2D eigenvalue weighted by Gasteiger charge is -2.13. The molecule has 0 heterocycles. The number of hydrogen-bond donors (Lipinski definition) is 1. The first-order valence-electron chi connectivity index (χ1n) is 6.36. The van der Waals surface area contributed by atoms with Crippen LogP contribution in [0.25, 0.3) is 0 Å². The highest BCUT2D eigenvalue weighted by atomic mass is 32.2. The molecule has 0 aromatic heterocycles. The average molecular weight is 287 g/mol. The molecule has 0 saturated heterocycles. The van der Waals surface area contributed by atoms with Crippen molar-refractivity contribution in [2.24, 2.45) is 5.92 Å². The fourth-order valence-corrected chi connectivity index (χ4v) is 2.48. The molecule has 0 saturated carbocycles. The lowest BCUT2D eigenvalue weighted by atomic mass is 10.0. The second-order valence-electron chi connectivity index (χ2n) is 4.52. The monoisotopic (exact) mass is 287 g/mol. The molecular formula is C14H19F2NOS. The molecule has 0 spiro atoms. The molecule has 0 aliphatic rings. The van der Waals surface area contributed by atoms with Gasteiger partial charge in [0.1, 0.15) is 0 Å². The summed E-state index contributed by atoms with van der Waals surface area (Å²) in [6.45, 7) is 4.09. The lowest BCUT2D eigenvalue weighted by molar-refractivity contribution is -0.117. The zero-order valence-electron chi connectivity index (χ0n) is 11.2. The maximum Gasteiger partial charge on any atom is 0.288 e. The van der Waals surface area contributed by atoms with Gasteiger partial charge in [-0.15, -0.1) is 0 Å². The predicted molar refractivity (Wildman–Crippen MR) is 75.6 cm³/mol. The zero-order valence-corrected chi connectivity index (χ0v) is 12.0. The number of thioether (sulfide) groups is 1.